The molecule has 1 aromatic rings. The molecule has 3 rings (SSSR count). The minimum absolute atomic E-state index is 0.214. The molecule has 0 bridgehead atoms. The molecule has 1 saturated heterocycles. The Morgan fingerprint density at radius 3 is 2.61 bits per heavy atom. The maximum Gasteiger partial charge on any atom is 0.220 e. The maximum atomic E-state index is 12.2. The van der Waals surface area contributed by atoms with E-state index >= 15 is 0 Å². The van der Waals surface area contributed by atoms with Crippen LogP contribution in [0.3, 0.4) is 0 Å². The van der Waals surface area contributed by atoms with Crippen LogP contribution in [-0.2, 0) is 11.2 Å². The van der Waals surface area contributed by atoms with Crippen molar-refractivity contribution in [1.29, 1.82) is 0 Å². The number of piperidine rings is 1. The molecule has 1 N–H and O–H groups in total. The molecule has 1 heterocycles. The highest BCUT2D eigenvalue weighted by Crippen LogP contribution is 2.26. The van der Waals surface area contributed by atoms with E-state index in [9.17, 15) is 4.79 Å². The van der Waals surface area contributed by atoms with E-state index in [-0.39, 0.29) is 5.91 Å². The SMILES string of the molecule is Cc1cccc(CCC(=O)NC2CCN(C3CCCC3)CC2)c1. The second kappa shape index (κ2) is 7.96. The van der Waals surface area contributed by atoms with Crippen molar-refractivity contribution < 1.29 is 4.79 Å². The first kappa shape index (κ1) is 16.5. The van der Waals surface area contributed by atoms with Gasteiger partial charge in [-0.05, 0) is 44.6 Å². The summed E-state index contributed by atoms with van der Waals surface area (Å²) < 4.78 is 0. The molecule has 2 fully saturated rings. The lowest BCUT2D eigenvalue weighted by atomic mass is 10.0. The van der Waals surface area contributed by atoms with Crippen LogP contribution in [0.4, 0.5) is 0 Å². The van der Waals surface area contributed by atoms with E-state index in [0.29, 0.717) is 12.5 Å². The number of nitrogens with zero attached hydrogens (tertiary/aromatic N) is 1. The van der Waals surface area contributed by atoms with Crippen LogP contribution >= 0.6 is 0 Å². The van der Waals surface area contributed by atoms with E-state index in [0.717, 1.165) is 38.4 Å². The molecule has 0 atom stereocenters. The first-order valence-electron chi connectivity index (χ1n) is 9.29. The van der Waals surface area contributed by atoms with Crippen molar-refractivity contribution in [3.05, 3.63) is 35.4 Å². The van der Waals surface area contributed by atoms with E-state index in [1.54, 1.807) is 0 Å². The van der Waals surface area contributed by atoms with E-state index in [1.807, 2.05) is 0 Å². The lowest BCUT2D eigenvalue weighted by Crippen LogP contribution is -2.47. The third-order valence-electron chi connectivity index (χ3n) is 5.46. The number of hydrogen-bond donors (Lipinski definition) is 1. The van der Waals surface area contributed by atoms with Gasteiger partial charge in [-0.1, -0.05) is 42.7 Å². The Morgan fingerprint density at radius 2 is 1.91 bits per heavy atom. The Morgan fingerprint density at radius 1 is 1.17 bits per heavy atom. The third kappa shape index (κ3) is 4.81. The lowest BCUT2D eigenvalue weighted by Gasteiger charge is -2.36. The van der Waals surface area contributed by atoms with Crippen molar-refractivity contribution in [3.8, 4) is 0 Å². The average Bonchev–Trinajstić information content (AvgIpc) is 3.08. The lowest BCUT2D eigenvalue weighted by molar-refractivity contribution is -0.122. The van der Waals surface area contributed by atoms with Crippen molar-refractivity contribution >= 4 is 5.91 Å². The number of aryl methyl sites for hydroxylation is 2. The molecule has 126 valence electrons. The average molecular weight is 314 g/mol. The second-order valence-corrected chi connectivity index (χ2v) is 7.31. The molecule has 0 unspecified atom stereocenters. The van der Waals surface area contributed by atoms with Crippen molar-refractivity contribution in [2.75, 3.05) is 13.1 Å². The Balaban J connectivity index is 1.37. The Bertz CT molecular complexity index is 514. The summed E-state index contributed by atoms with van der Waals surface area (Å²) in [5, 5.41) is 3.25. The van der Waals surface area contributed by atoms with Gasteiger partial charge >= 0.3 is 0 Å². The smallest absolute Gasteiger partial charge is 0.220 e. The summed E-state index contributed by atoms with van der Waals surface area (Å²) in [6, 6.07) is 9.67. The molecular weight excluding hydrogens is 284 g/mol. The second-order valence-electron chi connectivity index (χ2n) is 7.31. The fraction of sp³-hybridized carbons (Fsp3) is 0.650. The quantitative estimate of drug-likeness (QED) is 0.903. The zero-order valence-corrected chi connectivity index (χ0v) is 14.4. The van der Waals surface area contributed by atoms with Gasteiger partial charge in [0.05, 0.1) is 0 Å². The monoisotopic (exact) mass is 314 g/mol. The Kier molecular flexibility index (Phi) is 5.71. The number of amides is 1. The summed E-state index contributed by atoms with van der Waals surface area (Å²) in [5.41, 5.74) is 2.53. The number of hydrogen-bond acceptors (Lipinski definition) is 2. The van der Waals surface area contributed by atoms with Crippen LogP contribution in [0.25, 0.3) is 0 Å². The van der Waals surface area contributed by atoms with Crippen LogP contribution in [0.1, 0.15) is 56.1 Å². The van der Waals surface area contributed by atoms with Crippen LogP contribution in [-0.4, -0.2) is 36.0 Å². The van der Waals surface area contributed by atoms with Crippen molar-refractivity contribution in [2.24, 2.45) is 0 Å². The Hall–Kier alpha value is -1.35. The summed E-state index contributed by atoms with van der Waals surface area (Å²) in [6.45, 7) is 4.42. The van der Waals surface area contributed by atoms with Crippen LogP contribution in [0.5, 0.6) is 0 Å². The molecule has 1 saturated carbocycles. The molecule has 2 aliphatic rings. The van der Waals surface area contributed by atoms with Gasteiger partial charge in [0, 0.05) is 31.6 Å². The summed E-state index contributed by atoms with van der Waals surface area (Å²) in [4.78, 5) is 14.8. The standard InChI is InChI=1S/C20H30N2O/c1-16-5-4-6-17(15-16)9-10-20(23)21-18-11-13-22(14-12-18)19-7-2-3-8-19/h4-6,15,18-19H,2-3,7-14H2,1H3,(H,21,23). The van der Waals surface area contributed by atoms with Gasteiger partial charge < -0.3 is 10.2 Å². The molecule has 0 aromatic heterocycles. The maximum absolute atomic E-state index is 12.2. The molecule has 3 nitrogen and oxygen atoms in total. The number of rotatable bonds is 5. The normalized spacial score (nSPS) is 20.7. The Labute approximate surface area is 140 Å². The fourth-order valence-electron chi connectivity index (χ4n) is 4.10. The molecular formula is C20H30N2O. The van der Waals surface area contributed by atoms with Crippen LogP contribution in [0, 0.1) is 6.92 Å². The predicted octanol–water partition coefficient (Wildman–Crippen LogP) is 3.45. The largest absolute Gasteiger partial charge is 0.353 e. The zero-order chi connectivity index (χ0) is 16.1. The van der Waals surface area contributed by atoms with Crippen LogP contribution in [0.2, 0.25) is 0 Å². The van der Waals surface area contributed by atoms with Crippen molar-refractivity contribution in [1.82, 2.24) is 10.2 Å². The minimum atomic E-state index is 0.214. The molecule has 1 aliphatic carbocycles. The third-order valence-corrected chi connectivity index (χ3v) is 5.46. The van der Waals surface area contributed by atoms with Gasteiger partial charge in [0.2, 0.25) is 5.91 Å². The van der Waals surface area contributed by atoms with Crippen LogP contribution in [0.15, 0.2) is 24.3 Å². The minimum Gasteiger partial charge on any atom is -0.353 e. The molecule has 23 heavy (non-hydrogen) atoms. The molecule has 3 heteroatoms. The topological polar surface area (TPSA) is 32.3 Å². The first-order chi connectivity index (χ1) is 11.2. The molecule has 0 radical (unpaired) electrons. The fourth-order valence-corrected chi connectivity index (χ4v) is 4.10. The number of carbonyl (C=O) groups excluding carboxylic acids is 1. The summed E-state index contributed by atoms with van der Waals surface area (Å²) in [7, 11) is 0. The zero-order valence-electron chi connectivity index (χ0n) is 14.4. The van der Waals surface area contributed by atoms with Gasteiger partial charge in [-0.3, -0.25) is 4.79 Å². The highest BCUT2D eigenvalue weighted by atomic mass is 16.1. The van der Waals surface area contributed by atoms with E-state index in [4.69, 9.17) is 0 Å². The highest BCUT2D eigenvalue weighted by Gasteiger charge is 2.27. The summed E-state index contributed by atoms with van der Waals surface area (Å²) in [5.74, 6) is 0.214. The van der Waals surface area contributed by atoms with E-state index in [2.05, 4.69) is 41.4 Å². The van der Waals surface area contributed by atoms with Gasteiger partial charge in [0.15, 0.2) is 0 Å². The van der Waals surface area contributed by atoms with Crippen LogP contribution < -0.4 is 5.32 Å². The predicted molar refractivity (Wildman–Crippen MR) is 94.5 cm³/mol. The summed E-state index contributed by atoms with van der Waals surface area (Å²) in [6.07, 6.45) is 9.25. The van der Waals surface area contributed by atoms with Gasteiger partial charge in [0.25, 0.3) is 0 Å². The highest BCUT2D eigenvalue weighted by molar-refractivity contribution is 5.76. The summed E-state index contributed by atoms with van der Waals surface area (Å²) >= 11 is 0. The van der Waals surface area contributed by atoms with Gasteiger partial charge in [0.1, 0.15) is 0 Å². The van der Waals surface area contributed by atoms with Crippen molar-refractivity contribution in [2.45, 2.75) is 70.4 Å². The molecule has 1 aromatic carbocycles. The number of carbonyl (C=O) groups is 1. The van der Waals surface area contributed by atoms with Gasteiger partial charge in [-0.2, -0.15) is 0 Å². The first-order valence-corrected chi connectivity index (χ1v) is 9.29. The van der Waals surface area contributed by atoms with E-state index < -0.39 is 0 Å². The molecule has 0 spiro atoms. The van der Waals surface area contributed by atoms with Gasteiger partial charge in [-0.15, -0.1) is 0 Å². The van der Waals surface area contributed by atoms with Crippen molar-refractivity contribution in [3.63, 3.8) is 0 Å². The number of benzene rings is 1. The van der Waals surface area contributed by atoms with Gasteiger partial charge in [-0.25, -0.2) is 0 Å². The number of nitrogens with one attached hydrogen (secondary N) is 1. The molecule has 1 aliphatic heterocycles. The van der Waals surface area contributed by atoms with E-state index in [1.165, 1.54) is 36.8 Å². The number of likely N-dealkylation sites (tertiary alicyclic amines) is 1. The molecule has 1 amide bonds.